The number of amides is 1. The molecule has 24 heavy (non-hydrogen) atoms. The number of hydrogen-bond acceptors (Lipinski definition) is 3. The van der Waals surface area contributed by atoms with Crippen molar-refractivity contribution in [1.29, 1.82) is 0 Å². The van der Waals surface area contributed by atoms with Crippen LogP contribution in [0.3, 0.4) is 0 Å². The smallest absolute Gasteiger partial charge is 0.366 e. The van der Waals surface area contributed by atoms with Crippen molar-refractivity contribution in [2.24, 2.45) is 5.73 Å². The topological polar surface area (TPSA) is 73.8 Å². The van der Waals surface area contributed by atoms with E-state index in [0.29, 0.717) is 0 Å². The van der Waals surface area contributed by atoms with E-state index in [1.165, 1.54) is 18.3 Å². The molecular weight excluding hydrogens is 443 g/mol. The number of halogens is 5. The molecular formula is C14H7F4IN4O. The molecule has 0 bridgehead atoms. The van der Waals surface area contributed by atoms with Gasteiger partial charge in [0, 0.05) is 15.3 Å². The molecule has 1 aromatic carbocycles. The van der Waals surface area contributed by atoms with Gasteiger partial charge in [-0.1, -0.05) is 0 Å². The molecule has 0 spiro atoms. The lowest BCUT2D eigenvalue weighted by Gasteiger charge is -2.06. The van der Waals surface area contributed by atoms with E-state index in [1.807, 2.05) is 0 Å². The highest BCUT2D eigenvalue weighted by molar-refractivity contribution is 14.1. The van der Waals surface area contributed by atoms with Crippen LogP contribution in [0.15, 0.2) is 30.5 Å². The molecule has 10 heteroatoms. The van der Waals surface area contributed by atoms with Crippen molar-refractivity contribution in [2.45, 2.75) is 6.18 Å². The lowest BCUT2D eigenvalue weighted by Crippen LogP contribution is -2.12. The molecule has 5 nitrogen and oxygen atoms in total. The minimum absolute atomic E-state index is 0.105. The highest BCUT2D eigenvalue weighted by atomic mass is 127. The van der Waals surface area contributed by atoms with Crippen molar-refractivity contribution >= 4 is 39.5 Å². The number of rotatable bonds is 2. The molecule has 0 saturated heterocycles. The maximum absolute atomic E-state index is 14.3. The summed E-state index contributed by atoms with van der Waals surface area (Å²) in [5.41, 5.74) is 3.38. The first-order valence-electron chi connectivity index (χ1n) is 6.40. The van der Waals surface area contributed by atoms with Crippen LogP contribution in [0.2, 0.25) is 0 Å². The second-order valence-corrected chi connectivity index (χ2v) is 5.94. The van der Waals surface area contributed by atoms with Crippen molar-refractivity contribution in [3.63, 3.8) is 0 Å². The number of carbonyl (C=O) groups excluding carboxylic acids is 1. The van der Waals surface area contributed by atoms with E-state index in [0.717, 1.165) is 16.8 Å². The zero-order chi connectivity index (χ0) is 17.6. The number of carbonyl (C=O) groups is 1. The Balaban J connectivity index is 2.32. The van der Waals surface area contributed by atoms with Gasteiger partial charge in [0.1, 0.15) is 11.5 Å². The molecule has 3 aromatic rings. The van der Waals surface area contributed by atoms with Gasteiger partial charge in [-0.25, -0.2) is 14.1 Å². The highest BCUT2D eigenvalue weighted by Gasteiger charge is 2.38. The van der Waals surface area contributed by atoms with Gasteiger partial charge in [0.15, 0.2) is 11.3 Å². The van der Waals surface area contributed by atoms with Crippen molar-refractivity contribution in [2.75, 3.05) is 0 Å². The summed E-state index contributed by atoms with van der Waals surface area (Å²) in [5, 5.41) is 3.28. The number of fused-ring (bicyclic) bond motifs is 1. The third-order valence-corrected chi connectivity index (χ3v) is 4.15. The van der Waals surface area contributed by atoms with Gasteiger partial charge in [-0.3, -0.25) is 4.79 Å². The van der Waals surface area contributed by atoms with Crippen molar-refractivity contribution in [3.05, 3.63) is 51.1 Å². The quantitative estimate of drug-likeness (QED) is 0.481. The highest BCUT2D eigenvalue weighted by Crippen LogP contribution is 2.36. The maximum atomic E-state index is 14.3. The number of hydrogen-bond donors (Lipinski definition) is 1. The summed E-state index contributed by atoms with van der Waals surface area (Å²) in [4.78, 5) is 15.0. The van der Waals surface area contributed by atoms with Crippen LogP contribution in [0, 0.1) is 9.39 Å². The van der Waals surface area contributed by atoms with Crippen LogP contribution < -0.4 is 5.73 Å². The van der Waals surface area contributed by atoms with E-state index in [-0.39, 0.29) is 25.9 Å². The normalized spacial score (nSPS) is 11.9. The number of aromatic nitrogens is 3. The zero-order valence-corrected chi connectivity index (χ0v) is 13.8. The molecule has 0 unspecified atom stereocenters. The van der Waals surface area contributed by atoms with Crippen molar-refractivity contribution in [1.82, 2.24) is 14.8 Å². The number of primary amides is 1. The Labute approximate surface area is 145 Å². The number of nitrogens with zero attached hydrogens (tertiary/aromatic N) is 3. The van der Waals surface area contributed by atoms with Crippen LogP contribution in [0.1, 0.15) is 16.1 Å². The molecule has 1 amide bonds. The second kappa shape index (κ2) is 5.69. The van der Waals surface area contributed by atoms with Crippen molar-refractivity contribution < 1.29 is 22.4 Å². The minimum atomic E-state index is -4.73. The Kier molecular flexibility index (Phi) is 3.94. The largest absolute Gasteiger partial charge is 0.435 e. The molecule has 0 aliphatic heterocycles. The van der Waals surface area contributed by atoms with E-state index in [2.05, 4.69) is 10.1 Å². The number of nitrogens with two attached hydrogens (primary N) is 1. The molecule has 0 saturated carbocycles. The third-order valence-electron chi connectivity index (χ3n) is 3.25. The lowest BCUT2D eigenvalue weighted by molar-refractivity contribution is -0.140. The average Bonchev–Trinajstić information content (AvgIpc) is 2.88. The molecule has 2 aromatic heterocycles. The van der Waals surface area contributed by atoms with Crippen LogP contribution in [0.25, 0.3) is 16.7 Å². The first kappa shape index (κ1) is 16.6. The van der Waals surface area contributed by atoms with Gasteiger partial charge in [0.05, 0.1) is 5.39 Å². The Morgan fingerprint density at radius 2 is 1.96 bits per heavy atom. The fraction of sp³-hybridized carbons (Fsp3) is 0.0714. The fourth-order valence-electron chi connectivity index (χ4n) is 2.20. The first-order chi connectivity index (χ1) is 11.2. The molecule has 124 valence electrons. The van der Waals surface area contributed by atoms with Gasteiger partial charge in [-0.05, 0) is 46.9 Å². The Morgan fingerprint density at radius 1 is 1.25 bits per heavy atom. The molecule has 0 aliphatic rings. The Hall–Kier alpha value is -2.24. The van der Waals surface area contributed by atoms with Crippen LogP contribution in [0.4, 0.5) is 17.6 Å². The van der Waals surface area contributed by atoms with E-state index in [9.17, 15) is 22.4 Å². The average molecular weight is 450 g/mol. The second-order valence-electron chi connectivity index (χ2n) is 4.78. The predicted octanol–water partition coefficient (Wildman–Crippen LogP) is 3.28. The summed E-state index contributed by atoms with van der Waals surface area (Å²) < 4.78 is 55.0. The zero-order valence-electron chi connectivity index (χ0n) is 11.6. The van der Waals surface area contributed by atoms with Gasteiger partial charge in [-0.15, -0.1) is 0 Å². The van der Waals surface area contributed by atoms with Gasteiger partial charge in [0.2, 0.25) is 5.91 Å². The monoisotopic (exact) mass is 450 g/mol. The summed E-state index contributed by atoms with van der Waals surface area (Å²) in [6, 6.07) is 4.57. The van der Waals surface area contributed by atoms with Gasteiger partial charge >= 0.3 is 6.18 Å². The van der Waals surface area contributed by atoms with E-state index in [4.69, 9.17) is 5.73 Å². The first-order valence-corrected chi connectivity index (χ1v) is 7.48. The lowest BCUT2D eigenvalue weighted by atomic mass is 10.2. The molecule has 2 N–H and O–H groups in total. The molecule has 2 heterocycles. The van der Waals surface area contributed by atoms with Gasteiger partial charge < -0.3 is 5.73 Å². The van der Waals surface area contributed by atoms with Crippen LogP contribution in [0.5, 0.6) is 0 Å². The van der Waals surface area contributed by atoms with Crippen LogP contribution >= 0.6 is 22.6 Å². The molecule has 0 fully saturated rings. The molecule has 3 rings (SSSR count). The van der Waals surface area contributed by atoms with E-state index >= 15 is 0 Å². The fourth-order valence-corrected chi connectivity index (χ4v) is 2.86. The van der Waals surface area contributed by atoms with E-state index in [1.54, 1.807) is 22.6 Å². The van der Waals surface area contributed by atoms with Crippen LogP contribution in [-0.4, -0.2) is 20.7 Å². The SMILES string of the molecule is NC(=O)c1ccc(-n2nc(C(F)(F)F)c3c(I)ccnc32)c(F)c1. The molecule has 0 atom stereocenters. The number of pyridine rings is 1. The Morgan fingerprint density at radius 3 is 2.54 bits per heavy atom. The summed E-state index contributed by atoms with van der Waals surface area (Å²) in [7, 11) is 0. The molecule has 0 aliphatic carbocycles. The number of benzene rings is 1. The maximum Gasteiger partial charge on any atom is 0.435 e. The van der Waals surface area contributed by atoms with Gasteiger partial charge in [-0.2, -0.15) is 18.3 Å². The summed E-state index contributed by atoms with van der Waals surface area (Å²) in [6.45, 7) is 0. The molecule has 0 radical (unpaired) electrons. The standard InChI is InChI=1S/C14H7F4IN4O/c15-7-5-6(12(20)24)1-2-9(7)23-13-10(8(19)3-4-21-13)11(22-23)14(16,17)18/h1-5H,(H2,20,24). The van der Waals surface area contributed by atoms with Gasteiger partial charge in [0.25, 0.3) is 0 Å². The predicted molar refractivity (Wildman–Crippen MR) is 85.1 cm³/mol. The summed E-state index contributed by atoms with van der Waals surface area (Å²) in [6.07, 6.45) is -3.42. The Bertz CT molecular complexity index is 967. The van der Waals surface area contributed by atoms with Crippen molar-refractivity contribution in [3.8, 4) is 5.69 Å². The van der Waals surface area contributed by atoms with E-state index < -0.39 is 23.6 Å². The number of alkyl halides is 3. The summed E-state index contributed by atoms with van der Waals surface area (Å²) in [5.74, 6) is -1.79. The third kappa shape index (κ3) is 2.70. The summed E-state index contributed by atoms with van der Waals surface area (Å²) >= 11 is 1.73. The van der Waals surface area contributed by atoms with Crippen LogP contribution in [-0.2, 0) is 6.18 Å². The minimum Gasteiger partial charge on any atom is -0.366 e.